The Labute approximate surface area is 159 Å². The highest BCUT2D eigenvalue weighted by atomic mass is 32.2. The minimum Gasteiger partial charge on any atom is -0.508 e. The Hall–Kier alpha value is -2.51. The molecule has 0 saturated heterocycles. The molecule has 0 bridgehead atoms. The molecule has 1 N–H and O–H groups in total. The highest BCUT2D eigenvalue weighted by molar-refractivity contribution is 8.00. The van der Waals surface area contributed by atoms with E-state index in [0.29, 0.717) is 6.42 Å². The minimum atomic E-state index is -0.213. The number of amides is 1. The van der Waals surface area contributed by atoms with E-state index in [-0.39, 0.29) is 23.5 Å². The van der Waals surface area contributed by atoms with Gasteiger partial charge in [-0.2, -0.15) is 5.10 Å². The van der Waals surface area contributed by atoms with Gasteiger partial charge in [-0.3, -0.25) is 4.79 Å². The molecule has 1 aliphatic heterocycles. The van der Waals surface area contributed by atoms with Gasteiger partial charge in [0.1, 0.15) is 17.6 Å². The van der Waals surface area contributed by atoms with E-state index in [4.69, 9.17) is 4.42 Å². The van der Waals surface area contributed by atoms with Crippen LogP contribution in [0.5, 0.6) is 5.75 Å². The van der Waals surface area contributed by atoms with Crippen molar-refractivity contribution in [3.63, 3.8) is 0 Å². The summed E-state index contributed by atoms with van der Waals surface area (Å²) in [6.07, 6.45) is 2.26. The van der Waals surface area contributed by atoms with Crippen LogP contribution in [0, 0.1) is 0 Å². The van der Waals surface area contributed by atoms with Gasteiger partial charge in [-0.25, -0.2) is 5.01 Å². The number of phenolic OH excluding ortho intramolecular Hbond substituents is 1. The molecule has 0 spiro atoms. The first-order chi connectivity index (χ1) is 12.7. The molecule has 4 rings (SSSR count). The molecule has 1 unspecified atom stereocenters. The molecule has 2 aromatic heterocycles. The summed E-state index contributed by atoms with van der Waals surface area (Å²) in [5.41, 5.74) is 0.907. The molecular weight excluding hydrogens is 368 g/mol. The monoisotopic (exact) mass is 384 g/mol. The molecule has 132 valence electrons. The lowest BCUT2D eigenvalue weighted by molar-refractivity contribution is -0.130. The fourth-order valence-electron chi connectivity index (χ4n) is 2.79. The first-order valence-electron chi connectivity index (χ1n) is 8.09. The number of hydrogen-bond acceptors (Lipinski definition) is 6. The highest BCUT2D eigenvalue weighted by Crippen LogP contribution is 2.34. The SMILES string of the molecule is O=C(CSc1ccc(O)cc1)N1N=C(c2cccs2)CC1c1ccco1. The molecule has 0 radical (unpaired) electrons. The van der Waals surface area contributed by atoms with Gasteiger partial charge in [-0.15, -0.1) is 23.1 Å². The van der Waals surface area contributed by atoms with Crippen molar-refractivity contribution >= 4 is 34.7 Å². The molecule has 1 amide bonds. The zero-order valence-electron chi connectivity index (χ0n) is 13.7. The Morgan fingerprint density at radius 1 is 1.27 bits per heavy atom. The number of rotatable bonds is 5. The lowest BCUT2D eigenvalue weighted by atomic mass is 10.1. The normalized spacial score (nSPS) is 16.7. The van der Waals surface area contributed by atoms with Crippen LogP contribution in [0.15, 0.2) is 74.6 Å². The summed E-state index contributed by atoms with van der Waals surface area (Å²) in [6.45, 7) is 0. The van der Waals surface area contributed by atoms with Crippen LogP contribution in [0.4, 0.5) is 0 Å². The number of carbonyl (C=O) groups excluding carboxylic acids is 1. The van der Waals surface area contributed by atoms with E-state index >= 15 is 0 Å². The number of thiophene rings is 1. The molecule has 26 heavy (non-hydrogen) atoms. The number of thioether (sulfide) groups is 1. The molecule has 3 aromatic rings. The Kier molecular flexibility index (Phi) is 4.81. The molecule has 1 aromatic carbocycles. The van der Waals surface area contributed by atoms with Crippen LogP contribution in [0.2, 0.25) is 0 Å². The fourth-order valence-corrected chi connectivity index (χ4v) is 4.26. The Morgan fingerprint density at radius 2 is 2.12 bits per heavy atom. The number of carbonyl (C=O) groups is 1. The van der Waals surface area contributed by atoms with Crippen molar-refractivity contribution < 1.29 is 14.3 Å². The van der Waals surface area contributed by atoms with Crippen molar-refractivity contribution in [1.29, 1.82) is 0 Å². The summed E-state index contributed by atoms with van der Waals surface area (Å²) in [5.74, 6) is 1.14. The van der Waals surface area contributed by atoms with E-state index in [9.17, 15) is 9.90 Å². The first-order valence-corrected chi connectivity index (χ1v) is 9.96. The Morgan fingerprint density at radius 3 is 2.81 bits per heavy atom. The molecule has 1 aliphatic rings. The predicted molar refractivity (Wildman–Crippen MR) is 103 cm³/mol. The van der Waals surface area contributed by atoms with Crippen molar-refractivity contribution in [1.82, 2.24) is 5.01 Å². The van der Waals surface area contributed by atoms with Gasteiger partial charge < -0.3 is 9.52 Å². The second kappa shape index (κ2) is 7.39. The predicted octanol–water partition coefficient (Wildman–Crippen LogP) is 4.52. The summed E-state index contributed by atoms with van der Waals surface area (Å²) in [7, 11) is 0. The third kappa shape index (κ3) is 3.54. The van der Waals surface area contributed by atoms with E-state index in [1.807, 2.05) is 29.6 Å². The van der Waals surface area contributed by atoms with Crippen molar-refractivity contribution in [2.24, 2.45) is 5.10 Å². The fraction of sp³-hybridized carbons (Fsp3) is 0.158. The summed E-state index contributed by atoms with van der Waals surface area (Å²) in [4.78, 5) is 14.8. The van der Waals surface area contributed by atoms with Gasteiger partial charge >= 0.3 is 0 Å². The van der Waals surface area contributed by atoms with Gasteiger partial charge in [-0.05, 0) is 47.8 Å². The van der Waals surface area contributed by atoms with Gasteiger partial charge in [0.15, 0.2) is 0 Å². The third-order valence-corrected chi connectivity index (χ3v) is 5.96. The van der Waals surface area contributed by atoms with Crippen LogP contribution in [0.1, 0.15) is 23.1 Å². The van der Waals surface area contributed by atoms with Crippen LogP contribution in [-0.4, -0.2) is 27.5 Å². The van der Waals surface area contributed by atoms with E-state index in [2.05, 4.69) is 5.10 Å². The first kappa shape index (κ1) is 16.9. The highest BCUT2D eigenvalue weighted by Gasteiger charge is 2.34. The number of hydrazone groups is 1. The second-order valence-electron chi connectivity index (χ2n) is 5.78. The van der Waals surface area contributed by atoms with Gasteiger partial charge in [-0.1, -0.05) is 6.07 Å². The average Bonchev–Trinajstić information content (AvgIpc) is 3.41. The van der Waals surface area contributed by atoms with Gasteiger partial charge in [0.2, 0.25) is 0 Å². The molecule has 0 aliphatic carbocycles. The van der Waals surface area contributed by atoms with Crippen molar-refractivity contribution in [3.05, 3.63) is 70.8 Å². The van der Waals surface area contributed by atoms with Crippen LogP contribution >= 0.6 is 23.1 Å². The van der Waals surface area contributed by atoms with E-state index in [1.165, 1.54) is 11.8 Å². The van der Waals surface area contributed by atoms with Gasteiger partial charge in [0, 0.05) is 11.3 Å². The average molecular weight is 384 g/mol. The zero-order chi connectivity index (χ0) is 17.9. The quantitative estimate of drug-likeness (QED) is 0.657. The number of hydrogen-bond donors (Lipinski definition) is 1. The molecular formula is C19H16N2O3S2. The lowest BCUT2D eigenvalue weighted by Gasteiger charge is -2.19. The van der Waals surface area contributed by atoms with E-state index < -0.39 is 0 Å². The standard InChI is InChI=1S/C19H16N2O3S2/c22-13-5-7-14(8-6-13)26-12-19(23)21-16(17-3-1-9-24-17)11-15(20-21)18-4-2-10-25-18/h1-10,16,22H,11-12H2. The lowest BCUT2D eigenvalue weighted by Crippen LogP contribution is -2.28. The maximum Gasteiger partial charge on any atom is 0.253 e. The Bertz CT molecular complexity index is 903. The van der Waals surface area contributed by atoms with E-state index in [0.717, 1.165) is 21.2 Å². The number of nitrogens with zero attached hydrogens (tertiary/aromatic N) is 2. The third-order valence-electron chi connectivity index (χ3n) is 4.04. The molecule has 0 saturated carbocycles. The maximum atomic E-state index is 12.8. The second-order valence-corrected chi connectivity index (χ2v) is 7.78. The number of aromatic hydroxyl groups is 1. The van der Waals surface area contributed by atoms with Crippen molar-refractivity contribution in [2.75, 3.05) is 5.75 Å². The molecule has 7 heteroatoms. The van der Waals surface area contributed by atoms with Crippen LogP contribution in [-0.2, 0) is 4.79 Å². The van der Waals surface area contributed by atoms with Crippen LogP contribution < -0.4 is 0 Å². The smallest absolute Gasteiger partial charge is 0.253 e. The maximum absolute atomic E-state index is 12.8. The number of phenols is 1. The largest absolute Gasteiger partial charge is 0.508 e. The molecule has 1 atom stereocenters. The van der Waals surface area contributed by atoms with Gasteiger partial charge in [0.25, 0.3) is 5.91 Å². The molecule has 5 nitrogen and oxygen atoms in total. The zero-order valence-corrected chi connectivity index (χ0v) is 15.4. The summed E-state index contributed by atoms with van der Waals surface area (Å²) in [5, 5.41) is 17.5. The van der Waals surface area contributed by atoms with Gasteiger partial charge in [0.05, 0.1) is 22.6 Å². The topological polar surface area (TPSA) is 66.0 Å². The minimum absolute atomic E-state index is 0.0731. The number of furan rings is 1. The van der Waals surface area contributed by atoms with Crippen molar-refractivity contribution in [3.8, 4) is 5.75 Å². The summed E-state index contributed by atoms with van der Waals surface area (Å²) in [6, 6.07) is 14.3. The Balaban J connectivity index is 1.52. The van der Waals surface area contributed by atoms with Crippen LogP contribution in [0.25, 0.3) is 0 Å². The summed E-state index contributed by atoms with van der Waals surface area (Å²) < 4.78 is 5.54. The molecule has 0 fully saturated rings. The molecule has 3 heterocycles. The number of benzene rings is 1. The van der Waals surface area contributed by atoms with Crippen molar-refractivity contribution in [2.45, 2.75) is 17.4 Å². The van der Waals surface area contributed by atoms with E-state index in [1.54, 1.807) is 46.9 Å². The van der Waals surface area contributed by atoms with Crippen LogP contribution in [0.3, 0.4) is 0 Å². The summed E-state index contributed by atoms with van der Waals surface area (Å²) >= 11 is 3.04.